The van der Waals surface area contributed by atoms with E-state index < -0.39 is 0 Å². The zero-order valence-electron chi connectivity index (χ0n) is 13.3. The molecule has 0 unspecified atom stereocenters. The SMILES string of the molecule is CCCC(=O)N[C@@H]1CCCN(Cc2cccc3[nH]ccc23)C1. The molecule has 0 bridgehead atoms. The Balaban J connectivity index is 1.63. The molecule has 1 saturated heterocycles. The molecule has 0 saturated carbocycles. The van der Waals surface area contributed by atoms with E-state index in [1.54, 1.807) is 0 Å². The maximum atomic E-state index is 11.8. The number of hydrogen-bond acceptors (Lipinski definition) is 2. The lowest BCUT2D eigenvalue weighted by Gasteiger charge is -2.33. The van der Waals surface area contributed by atoms with Crippen LogP contribution in [0.3, 0.4) is 0 Å². The van der Waals surface area contributed by atoms with Crippen LogP contribution in [-0.4, -0.2) is 34.9 Å². The first-order valence-corrected chi connectivity index (χ1v) is 8.33. The highest BCUT2D eigenvalue weighted by atomic mass is 16.1. The number of piperidine rings is 1. The number of amides is 1. The maximum absolute atomic E-state index is 11.8. The molecule has 2 heterocycles. The van der Waals surface area contributed by atoms with Crippen molar-refractivity contribution in [1.82, 2.24) is 15.2 Å². The van der Waals surface area contributed by atoms with Crippen molar-refractivity contribution in [2.24, 2.45) is 0 Å². The molecule has 2 aromatic rings. The number of hydrogen-bond donors (Lipinski definition) is 2. The number of carbonyl (C=O) groups excluding carboxylic acids is 1. The molecule has 22 heavy (non-hydrogen) atoms. The Labute approximate surface area is 131 Å². The van der Waals surface area contributed by atoms with E-state index in [1.807, 2.05) is 13.1 Å². The van der Waals surface area contributed by atoms with Crippen molar-refractivity contribution >= 4 is 16.8 Å². The van der Waals surface area contributed by atoms with E-state index in [0.717, 1.165) is 38.9 Å². The summed E-state index contributed by atoms with van der Waals surface area (Å²) in [6, 6.07) is 8.88. The van der Waals surface area contributed by atoms with E-state index in [9.17, 15) is 4.79 Å². The number of nitrogens with zero attached hydrogens (tertiary/aromatic N) is 1. The summed E-state index contributed by atoms with van der Waals surface area (Å²) in [6.07, 6.45) is 5.80. The lowest BCUT2D eigenvalue weighted by atomic mass is 10.0. The molecule has 1 aliphatic rings. The van der Waals surface area contributed by atoms with Gasteiger partial charge in [0.1, 0.15) is 0 Å². The van der Waals surface area contributed by atoms with Crippen molar-refractivity contribution in [2.45, 2.75) is 45.2 Å². The summed E-state index contributed by atoms with van der Waals surface area (Å²) in [5, 5.41) is 4.49. The number of likely N-dealkylation sites (tertiary alicyclic amines) is 1. The van der Waals surface area contributed by atoms with Crippen LogP contribution in [0.2, 0.25) is 0 Å². The number of carbonyl (C=O) groups is 1. The van der Waals surface area contributed by atoms with Crippen molar-refractivity contribution in [2.75, 3.05) is 13.1 Å². The first kappa shape index (κ1) is 15.1. The Bertz CT molecular complexity index is 634. The maximum Gasteiger partial charge on any atom is 0.220 e. The van der Waals surface area contributed by atoms with E-state index in [0.29, 0.717) is 12.5 Å². The Morgan fingerprint density at radius 1 is 1.41 bits per heavy atom. The summed E-state index contributed by atoms with van der Waals surface area (Å²) in [5.41, 5.74) is 2.56. The van der Waals surface area contributed by atoms with Crippen LogP contribution in [0.5, 0.6) is 0 Å². The van der Waals surface area contributed by atoms with Crippen molar-refractivity contribution < 1.29 is 4.79 Å². The van der Waals surface area contributed by atoms with Gasteiger partial charge in [0.25, 0.3) is 0 Å². The predicted molar refractivity (Wildman–Crippen MR) is 89.6 cm³/mol. The van der Waals surface area contributed by atoms with Crippen LogP contribution in [0.25, 0.3) is 10.9 Å². The smallest absolute Gasteiger partial charge is 0.220 e. The van der Waals surface area contributed by atoms with Gasteiger partial charge in [-0.05, 0) is 43.5 Å². The third-order valence-corrected chi connectivity index (χ3v) is 4.43. The summed E-state index contributed by atoms with van der Waals surface area (Å²) in [4.78, 5) is 17.5. The molecule has 1 atom stereocenters. The minimum absolute atomic E-state index is 0.196. The number of benzene rings is 1. The summed E-state index contributed by atoms with van der Waals surface area (Å²) in [6.45, 7) is 5.07. The first-order valence-electron chi connectivity index (χ1n) is 8.33. The van der Waals surface area contributed by atoms with Crippen LogP contribution in [-0.2, 0) is 11.3 Å². The quantitative estimate of drug-likeness (QED) is 0.891. The fraction of sp³-hybridized carbons (Fsp3) is 0.500. The highest BCUT2D eigenvalue weighted by molar-refractivity contribution is 5.82. The normalized spacial score (nSPS) is 19.4. The Kier molecular flexibility index (Phi) is 4.78. The van der Waals surface area contributed by atoms with Gasteiger partial charge in [-0.15, -0.1) is 0 Å². The van der Waals surface area contributed by atoms with Crippen LogP contribution in [0, 0.1) is 0 Å². The average molecular weight is 299 g/mol. The molecule has 1 aliphatic heterocycles. The molecule has 0 radical (unpaired) electrons. The number of H-pyrrole nitrogens is 1. The number of nitrogens with one attached hydrogen (secondary N) is 2. The second-order valence-corrected chi connectivity index (χ2v) is 6.25. The van der Waals surface area contributed by atoms with Gasteiger partial charge in [-0.1, -0.05) is 19.1 Å². The second kappa shape index (κ2) is 6.97. The minimum atomic E-state index is 0.196. The van der Waals surface area contributed by atoms with Gasteiger partial charge in [-0.3, -0.25) is 9.69 Å². The Hall–Kier alpha value is -1.81. The monoisotopic (exact) mass is 299 g/mol. The molecular formula is C18H25N3O. The highest BCUT2D eigenvalue weighted by Gasteiger charge is 2.21. The largest absolute Gasteiger partial charge is 0.361 e. The van der Waals surface area contributed by atoms with Crippen molar-refractivity contribution in [1.29, 1.82) is 0 Å². The molecule has 0 spiro atoms. The summed E-state index contributed by atoms with van der Waals surface area (Å²) < 4.78 is 0. The third-order valence-electron chi connectivity index (χ3n) is 4.43. The number of rotatable bonds is 5. The van der Waals surface area contributed by atoms with E-state index in [-0.39, 0.29) is 5.91 Å². The molecule has 2 N–H and O–H groups in total. The van der Waals surface area contributed by atoms with E-state index in [4.69, 9.17) is 0 Å². The van der Waals surface area contributed by atoms with Crippen molar-refractivity contribution in [3.8, 4) is 0 Å². The van der Waals surface area contributed by atoms with Crippen molar-refractivity contribution in [3.63, 3.8) is 0 Å². The molecule has 118 valence electrons. The van der Waals surface area contributed by atoms with E-state index in [2.05, 4.69) is 39.5 Å². The third kappa shape index (κ3) is 3.50. The Morgan fingerprint density at radius 3 is 3.18 bits per heavy atom. The number of aromatic nitrogens is 1. The number of aromatic amines is 1. The van der Waals surface area contributed by atoms with Crippen LogP contribution < -0.4 is 5.32 Å². The first-order chi connectivity index (χ1) is 10.8. The predicted octanol–water partition coefficient (Wildman–Crippen LogP) is 3.05. The average Bonchev–Trinajstić information content (AvgIpc) is 2.97. The van der Waals surface area contributed by atoms with Crippen LogP contribution in [0.1, 0.15) is 38.2 Å². The zero-order valence-corrected chi connectivity index (χ0v) is 13.3. The summed E-state index contributed by atoms with van der Waals surface area (Å²) >= 11 is 0. The van der Waals surface area contributed by atoms with Gasteiger partial charge in [0, 0.05) is 42.7 Å². The molecule has 0 aliphatic carbocycles. The van der Waals surface area contributed by atoms with Gasteiger partial charge in [-0.25, -0.2) is 0 Å². The minimum Gasteiger partial charge on any atom is -0.361 e. The topological polar surface area (TPSA) is 48.1 Å². The fourth-order valence-electron chi connectivity index (χ4n) is 3.37. The standard InChI is InChI=1S/C18H25N3O/c1-2-5-18(22)20-15-7-4-11-21(13-15)12-14-6-3-8-17-16(14)9-10-19-17/h3,6,8-10,15,19H,2,4-5,7,11-13H2,1H3,(H,20,22)/t15-/m1/s1. The molecule has 4 nitrogen and oxygen atoms in total. The van der Waals surface area contributed by atoms with Crippen LogP contribution >= 0.6 is 0 Å². The molecule has 4 heteroatoms. The van der Waals surface area contributed by atoms with Gasteiger partial charge in [0.15, 0.2) is 0 Å². The Morgan fingerprint density at radius 2 is 2.32 bits per heavy atom. The molecule has 1 amide bonds. The molecule has 3 rings (SSSR count). The summed E-state index contributed by atoms with van der Waals surface area (Å²) in [5.74, 6) is 0.196. The van der Waals surface area contributed by atoms with Gasteiger partial charge in [0.05, 0.1) is 0 Å². The van der Waals surface area contributed by atoms with Gasteiger partial charge in [-0.2, -0.15) is 0 Å². The number of fused-ring (bicyclic) bond motifs is 1. The fourth-order valence-corrected chi connectivity index (χ4v) is 3.37. The molecule has 1 aromatic heterocycles. The zero-order chi connectivity index (χ0) is 15.4. The van der Waals surface area contributed by atoms with Gasteiger partial charge in [0.2, 0.25) is 5.91 Å². The molecule has 1 fully saturated rings. The molecular weight excluding hydrogens is 274 g/mol. The molecule has 1 aromatic carbocycles. The van der Waals surface area contributed by atoms with Crippen molar-refractivity contribution in [3.05, 3.63) is 36.0 Å². The van der Waals surface area contributed by atoms with E-state index in [1.165, 1.54) is 16.5 Å². The lowest BCUT2D eigenvalue weighted by molar-refractivity contribution is -0.122. The highest BCUT2D eigenvalue weighted by Crippen LogP contribution is 2.21. The second-order valence-electron chi connectivity index (χ2n) is 6.25. The van der Waals surface area contributed by atoms with Gasteiger partial charge >= 0.3 is 0 Å². The summed E-state index contributed by atoms with van der Waals surface area (Å²) in [7, 11) is 0. The van der Waals surface area contributed by atoms with Crippen LogP contribution in [0.4, 0.5) is 0 Å². The van der Waals surface area contributed by atoms with Crippen LogP contribution in [0.15, 0.2) is 30.5 Å². The lowest BCUT2D eigenvalue weighted by Crippen LogP contribution is -2.47. The van der Waals surface area contributed by atoms with Gasteiger partial charge < -0.3 is 10.3 Å². The van der Waals surface area contributed by atoms with E-state index >= 15 is 0 Å².